The van der Waals surface area contributed by atoms with Crippen LogP contribution < -0.4 is 10.6 Å². The van der Waals surface area contributed by atoms with Crippen LogP contribution >= 0.6 is 12.2 Å². The minimum atomic E-state index is -0.156. The van der Waals surface area contributed by atoms with Crippen molar-refractivity contribution in [1.82, 2.24) is 10.6 Å². The molecule has 0 unspecified atom stereocenters. The average molecular weight is 222 g/mol. The summed E-state index contributed by atoms with van der Waals surface area (Å²) in [6, 6.07) is 8.13. The van der Waals surface area contributed by atoms with Crippen molar-refractivity contribution >= 4 is 23.2 Å². The Bertz CT molecular complexity index is 359. The van der Waals surface area contributed by atoms with Gasteiger partial charge in [-0.2, -0.15) is 0 Å². The van der Waals surface area contributed by atoms with Crippen LogP contribution in [0.5, 0.6) is 0 Å². The Balaban J connectivity index is 2.40. The van der Waals surface area contributed by atoms with E-state index in [4.69, 9.17) is 12.2 Å². The molecule has 1 aromatic rings. The molecule has 2 N–H and O–H groups in total. The highest BCUT2D eigenvalue weighted by molar-refractivity contribution is 7.80. The second-order valence-corrected chi connectivity index (χ2v) is 3.76. The lowest BCUT2D eigenvalue weighted by atomic mass is 10.1. The normalized spacial score (nSPS) is 9.47. The van der Waals surface area contributed by atoms with Crippen LogP contribution in [0, 0.1) is 6.92 Å². The molecule has 3 nitrogen and oxygen atoms in total. The van der Waals surface area contributed by atoms with Gasteiger partial charge in [-0.1, -0.05) is 29.8 Å². The molecular weight excluding hydrogens is 208 g/mol. The van der Waals surface area contributed by atoms with Gasteiger partial charge in [-0.15, -0.1) is 0 Å². The molecule has 0 aromatic heterocycles. The molecule has 0 radical (unpaired) electrons. The largest absolute Gasteiger partial charge is 0.358 e. The molecule has 0 saturated heterocycles. The van der Waals surface area contributed by atoms with Crippen LogP contribution in [0.15, 0.2) is 24.3 Å². The van der Waals surface area contributed by atoms with Crippen LogP contribution in [0.4, 0.5) is 0 Å². The molecule has 15 heavy (non-hydrogen) atoms. The molecule has 4 heteroatoms. The van der Waals surface area contributed by atoms with E-state index in [9.17, 15) is 4.79 Å². The average Bonchev–Trinajstić information content (AvgIpc) is 2.16. The Hall–Kier alpha value is -1.42. The number of aryl methyl sites for hydroxylation is 1. The Morgan fingerprint density at radius 3 is 2.47 bits per heavy atom. The van der Waals surface area contributed by atoms with E-state index in [0.717, 1.165) is 5.56 Å². The van der Waals surface area contributed by atoms with Crippen molar-refractivity contribution in [3.63, 3.8) is 0 Å². The smallest absolute Gasteiger partial charge is 0.222 e. The summed E-state index contributed by atoms with van der Waals surface area (Å²) in [5.41, 5.74) is 2.36. The van der Waals surface area contributed by atoms with Gasteiger partial charge in [0.1, 0.15) is 0 Å². The van der Waals surface area contributed by atoms with E-state index in [1.54, 1.807) is 0 Å². The molecule has 0 atom stereocenters. The van der Waals surface area contributed by atoms with Gasteiger partial charge in [-0.25, -0.2) is 0 Å². The van der Waals surface area contributed by atoms with Crippen LogP contribution in [0.1, 0.15) is 18.1 Å². The van der Waals surface area contributed by atoms with Crippen molar-refractivity contribution in [2.75, 3.05) is 0 Å². The summed E-state index contributed by atoms with van der Waals surface area (Å²) >= 11 is 4.91. The quantitative estimate of drug-likeness (QED) is 0.745. The Labute approximate surface area is 94.9 Å². The van der Waals surface area contributed by atoms with Gasteiger partial charge >= 0.3 is 0 Å². The maximum Gasteiger partial charge on any atom is 0.222 e. The fourth-order valence-electron chi connectivity index (χ4n) is 1.09. The summed E-state index contributed by atoms with van der Waals surface area (Å²) in [4.78, 5) is 10.7. The number of amides is 1. The number of carbonyl (C=O) groups excluding carboxylic acids is 1. The second-order valence-electron chi connectivity index (χ2n) is 3.35. The molecule has 0 spiro atoms. The third kappa shape index (κ3) is 4.56. The number of hydrogen-bond donors (Lipinski definition) is 2. The third-order valence-electron chi connectivity index (χ3n) is 1.86. The van der Waals surface area contributed by atoms with E-state index >= 15 is 0 Å². The van der Waals surface area contributed by atoms with Crippen molar-refractivity contribution in [2.24, 2.45) is 0 Å². The molecule has 0 heterocycles. The van der Waals surface area contributed by atoms with Gasteiger partial charge in [0.25, 0.3) is 0 Å². The number of thiocarbonyl (C=S) groups is 1. The number of hydrogen-bond acceptors (Lipinski definition) is 2. The molecular formula is C11H14N2OS. The summed E-state index contributed by atoms with van der Waals surface area (Å²) in [5, 5.41) is 5.82. The van der Waals surface area contributed by atoms with Crippen LogP contribution in [0.25, 0.3) is 0 Å². The predicted octanol–water partition coefficient (Wildman–Crippen LogP) is 1.51. The molecule has 0 fully saturated rings. The molecule has 0 saturated carbocycles. The molecule has 1 rings (SSSR count). The van der Waals surface area contributed by atoms with E-state index in [0.29, 0.717) is 11.7 Å². The fraction of sp³-hybridized carbons (Fsp3) is 0.273. The lowest BCUT2D eigenvalue weighted by Gasteiger charge is -2.07. The highest BCUT2D eigenvalue weighted by Crippen LogP contribution is 2.02. The minimum absolute atomic E-state index is 0.156. The van der Waals surface area contributed by atoms with Gasteiger partial charge in [0.15, 0.2) is 5.11 Å². The second kappa shape index (κ2) is 5.46. The van der Waals surface area contributed by atoms with Crippen LogP contribution in [0.3, 0.4) is 0 Å². The zero-order valence-electron chi connectivity index (χ0n) is 8.83. The number of carbonyl (C=O) groups is 1. The zero-order chi connectivity index (χ0) is 11.3. The highest BCUT2D eigenvalue weighted by atomic mass is 32.1. The van der Waals surface area contributed by atoms with E-state index in [1.807, 2.05) is 31.2 Å². The van der Waals surface area contributed by atoms with Crippen molar-refractivity contribution in [3.05, 3.63) is 35.4 Å². The van der Waals surface area contributed by atoms with Crippen LogP contribution in [0.2, 0.25) is 0 Å². The van der Waals surface area contributed by atoms with Crippen molar-refractivity contribution in [1.29, 1.82) is 0 Å². The molecule has 80 valence electrons. The molecule has 1 amide bonds. The van der Waals surface area contributed by atoms with E-state index in [1.165, 1.54) is 12.5 Å². The molecule has 0 aliphatic rings. The van der Waals surface area contributed by atoms with Crippen molar-refractivity contribution in [2.45, 2.75) is 20.4 Å². The van der Waals surface area contributed by atoms with E-state index < -0.39 is 0 Å². The number of nitrogens with one attached hydrogen (secondary N) is 2. The number of benzene rings is 1. The molecule has 1 aromatic carbocycles. The first-order valence-corrected chi connectivity index (χ1v) is 5.09. The predicted molar refractivity (Wildman–Crippen MR) is 64.4 cm³/mol. The summed E-state index contributed by atoms with van der Waals surface area (Å²) in [7, 11) is 0. The van der Waals surface area contributed by atoms with Gasteiger partial charge in [0, 0.05) is 13.5 Å². The standard InChI is InChI=1S/C11H14N2OS/c1-8-3-5-10(6-4-8)7-12-11(15)13-9(2)14/h3-6H,7H2,1-2H3,(H2,12,13,14,15). The van der Waals surface area contributed by atoms with Gasteiger partial charge in [0.2, 0.25) is 5.91 Å². The van der Waals surface area contributed by atoms with Gasteiger partial charge in [-0.3, -0.25) is 4.79 Å². The Morgan fingerprint density at radius 1 is 1.33 bits per heavy atom. The lowest BCUT2D eigenvalue weighted by Crippen LogP contribution is -2.37. The maximum absolute atomic E-state index is 10.7. The van der Waals surface area contributed by atoms with Crippen LogP contribution in [-0.4, -0.2) is 11.0 Å². The first-order valence-electron chi connectivity index (χ1n) is 4.69. The van der Waals surface area contributed by atoms with Gasteiger partial charge < -0.3 is 10.6 Å². The summed E-state index contributed by atoms with van der Waals surface area (Å²) < 4.78 is 0. The molecule has 0 bridgehead atoms. The first kappa shape index (κ1) is 11.7. The van der Waals surface area contributed by atoms with E-state index in [2.05, 4.69) is 10.6 Å². The Morgan fingerprint density at radius 2 is 1.93 bits per heavy atom. The maximum atomic E-state index is 10.7. The SMILES string of the molecule is CC(=O)NC(=S)NCc1ccc(C)cc1. The van der Waals surface area contributed by atoms with Crippen molar-refractivity contribution in [3.8, 4) is 0 Å². The van der Waals surface area contributed by atoms with Gasteiger partial charge in [0.05, 0.1) is 0 Å². The van der Waals surface area contributed by atoms with Gasteiger partial charge in [-0.05, 0) is 24.7 Å². The Kier molecular flexibility index (Phi) is 4.24. The fourth-order valence-corrected chi connectivity index (χ4v) is 1.31. The van der Waals surface area contributed by atoms with E-state index in [-0.39, 0.29) is 5.91 Å². The summed E-state index contributed by atoms with van der Waals surface area (Å²) in [6.07, 6.45) is 0. The minimum Gasteiger partial charge on any atom is -0.358 e. The molecule has 0 aliphatic carbocycles. The lowest BCUT2D eigenvalue weighted by molar-refractivity contribution is -0.117. The topological polar surface area (TPSA) is 41.1 Å². The van der Waals surface area contributed by atoms with Crippen molar-refractivity contribution < 1.29 is 4.79 Å². The third-order valence-corrected chi connectivity index (χ3v) is 2.11. The first-order chi connectivity index (χ1) is 7.08. The monoisotopic (exact) mass is 222 g/mol. The number of rotatable bonds is 2. The molecule has 0 aliphatic heterocycles. The highest BCUT2D eigenvalue weighted by Gasteiger charge is 1.98. The van der Waals surface area contributed by atoms with Crippen LogP contribution in [-0.2, 0) is 11.3 Å². The zero-order valence-corrected chi connectivity index (χ0v) is 9.65. The summed E-state index contributed by atoms with van der Waals surface area (Å²) in [5.74, 6) is -0.156. The summed E-state index contributed by atoms with van der Waals surface area (Å²) in [6.45, 7) is 4.10.